The Balaban J connectivity index is 1.74. The normalized spacial score (nSPS) is 19.2. The van der Waals surface area contributed by atoms with Gasteiger partial charge in [-0.2, -0.15) is 0 Å². The first-order valence-electron chi connectivity index (χ1n) is 7.34. The molecule has 2 aromatic heterocycles. The smallest absolute Gasteiger partial charge is 0.410 e. The van der Waals surface area contributed by atoms with E-state index in [2.05, 4.69) is 9.38 Å². The molecule has 0 aliphatic carbocycles. The molecular weight excluding hydrogens is 266 g/mol. The molecule has 0 saturated carbocycles. The second-order valence-electron chi connectivity index (χ2n) is 6.52. The van der Waals surface area contributed by atoms with Crippen LogP contribution in [0.1, 0.15) is 38.9 Å². The van der Waals surface area contributed by atoms with Crippen molar-refractivity contribution in [1.29, 1.82) is 0 Å². The van der Waals surface area contributed by atoms with E-state index in [9.17, 15) is 4.79 Å². The quantitative estimate of drug-likeness (QED) is 0.810. The first-order valence-corrected chi connectivity index (χ1v) is 7.34. The minimum Gasteiger partial charge on any atom is -0.444 e. The number of carbonyl (C=O) groups excluding carboxylic acids is 1. The third-order valence-corrected chi connectivity index (χ3v) is 3.67. The van der Waals surface area contributed by atoms with Gasteiger partial charge in [-0.25, -0.2) is 9.78 Å². The van der Waals surface area contributed by atoms with E-state index in [1.165, 1.54) is 0 Å². The number of hydrogen-bond donors (Lipinski definition) is 0. The number of carbonyl (C=O) groups is 1. The van der Waals surface area contributed by atoms with Gasteiger partial charge in [0.1, 0.15) is 11.4 Å². The zero-order valence-electron chi connectivity index (χ0n) is 12.7. The summed E-state index contributed by atoms with van der Waals surface area (Å²) in [5, 5.41) is 0. The summed E-state index contributed by atoms with van der Waals surface area (Å²) in [6, 6.07) is 6.04. The molecule has 5 nitrogen and oxygen atoms in total. The van der Waals surface area contributed by atoms with Gasteiger partial charge < -0.3 is 14.0 Å². The summed E-state index contributed by atoms with van der Waals surface area (Å²) in [5.41, 5.74) is 0.637. The van der Waals surface area contributed by atoms with Crippen molar-refractivity contribution in [2.75, 3.05) is 13.1 Å². The lowest BCUT2D eigenvalue weighted by atomic mass is 10.1. The minimum atomic E-state index is -0.449. The number of aromatic nitrogens is 2. The highest BCUT2D eigenvalue weighted by Crippen LogP contribution is 2.28. The molecule has 1 unspecified atom stereocenters. The zero-order chi connectivity index (χ0) is 15.0. The molecule has 3 heterocycles. The molecule has 1 fully saturated rings. The fourth-order valence-corrected chi connectivity index (χ4v) is 2.73. The summed E-state index contributed by atoms with van der Waals surface area (Å²) >= 11 is 0. The van der Waals surface area contributed by atoms with E-state index in [0.29, 0.717) is 6.54 Å². The van der Waals surface area contributed by atoms with Gasteiger partial charge >= 0.3 is 6.09 Å². The van der Waals surface area contributed by atoms with E-state index < -0.39 is 5.60 Å². The average molecular weight is 287 g/mol. The van der Waals surface area contributed by atoms with E-state index >= 15 is 0 Å². The van der Waals surface area contributed by atoms with Crippen molar-refractivity contribution in [1.82, 2.24) is 14.3 Å². The van der Waals surface area contributed by atoms with Crippen LogP contribution in [-0.4, -0.2) is 39.1 Å². The van der Waals surface area contributed by atoms with Crippen LogP contribution in [0.4, 0.5) is 4.79 Å². The van der Waals surface area contributed by atoms with E-state index in [1.807, 2.05) is 51.4 Å². The Morgan fingerprint density at radius 3 is 2.95 bits per heavy atom. The Kier molecular flexibility index (Phi) is 3.35. The highest BCUT2D eigenvalue weighted by atomic mass is 16.6. The molecule has 1 atom stereocenters. The van der Waals surface area contributed by atoms with Crippen LogP contribution in [0.25, 0.3) is 5.52 Å². The molecule has 0 aromatic carbocycles. The Hall–Kier alpha value is -2.04. The molecule has 1 amide bonds. The lowest BCUT2D eigenvalue weighted by molar-refractivity contribution is 0.0292. The summed E-state index contributed by atoms with van der Waals surface area (Å²) in [5.74, 6) is 1.29. The standard InChI is InChI=1S/C16H21N3O2/c1-16(2,3)21-15(20)18-9-7-12(11-18)14-17-10-13-6-4-5-8-19(13)14/h4-6,8,10,12H,7,9,11H2,1-3H3. The third kappa shape index (κ3) is 2.86. The van der Waals surface area contributed by atoms with E-state index in [-0.39, 0.29) is 12.0 Å². The average Bonchev–Trinajstić information content (AvgIpc) is 3.03. The number of ether oxygens (including phenoxy) is 1. The molecular formula is C16H21N3O2. The maximum atomic E-state index is 12.1. The molecule has 21 heavy (non-hydrogen) atoms. The Labute approximate surface area is 124 Å². The van der Waals surface area contributed by atoms with E-state index in [4.69, 9.17) is 4.74 Å². The van der Waals surface area contributed by atoms with Crippen molar-refractivity contribution >= 4 is 11.6 Å². The molecule has 5 heteroatoms. The van der Waals surface area contributed by atoms with Crippen molar-refractivity contribution in [2.45, 2.75) is 38.7 Å². The van der Waals surface area contributed by atoms with Gasteiger partial charge in [0.05, 0.1) is 11.7 Å². The molecule has 0 bridgehead atoms. The number of hydrogen-bond acceptors (Lipinski definition) is 3. The van der Waals surface area contributed by atoms with Gasteiger partial charge in [0, 0.05) is 25.2 Å². The van der Waals surface area contributed by atoms with E-state index in [1.54, 1.807) is 4.90 Å². The highest BCUT2D eigenvalue weighted by Gasteiger charge is 2.32. The second-order valence-corrected chi connectivity index (χ2v) is 6.52. The van der Waals surface area contributed by atoms with Gasteiger partial charge in [-0.3, -0.25) is 0 Å². The third-order valence-electron chi connectivity index (χ3n) is 3.67. The fraction of sp³-hybridized carbons (Fsp3) is 0.500. The largest absolute Gasteiger partial charge is 0.444 e. The van der Waals surface area contributed by atoms with Crippen LogP contribution >= 0.6 is 0 Å². The number of imidazole rings is 1. The van der Waals surface area contributed by atoms with Crippen molar-refractivity contribution < 1.29 is 9.53 Å². The van der Waals surface area contributed by atoms with Crippen LogP contribution in [0, 0.1) is 0 Å². The Morgan fingerprint density at radius 2 is 2.19 bits per heavy atom. The molecule has 2 aromatic rings. The van der Waals surface area contributed by atoms with Crippen molar-refractivity contribution in [3.05, 3.63) is 36.4 Å². The van der Waals surface area contributed by atoms with Crippen molar-refractivity contribution in [3.8, 4) is 0 Å². The lowest BCUT2D eigenvalue weighted by Gasteiger charge is -2.24. The number of fused-ring (bicyclic) bond motifs is 1. The molecule has 0 N–H and O–H groups in total. The number of amides is 1. The molecule has 0 radical (unpaired) electrons. The maximum Gasteiger partial charge on any atom is 0.410 e. The van der Waals surface area contributed by atoms with Crippen LogP contribution < -0.4 is 0 Å². The molecule has 1 saturated heterocycles. The van der Waals surface area contributed by atoms with Gasteiger partial charge in [0.15, 0.2) is 0 Å². The van der Waals surface area contributed by atoms with E-state index in [0.717, 1.165) is 24.3 Å². The number of rotatable bonds is 1. The highest BCUT2D eigenvalue weighted by molar-refractivity contribution is 5.68. The molecule has 1 aliphatic heterocycles. The number of pyridine rings is 1. The SMILES string of the molecule is CC(C)(C)OC(=O)N1CCC(c2ncc3ccccn23)C1. The van der Waals surface area contributed by atoms with Gasteiger partial charge in [-0.05, 0) is 39.3 Å². The van der Waals surface area contributed by atoms with Crippen LogP contribution in [0.15, 0.2) is 30.6 Å². The topological polar surface area (TPSA) is 46.8 Å². The van der Waals surface area contributed by atoms with Crippen LogP contribution in [-0.2, 0) is 4.74 Å². The monoisotopic (exact) mass is 287 g/mol. The van der Waals surface area contributed by atoms with Gasteiger partial charge in [0.25, 0.3) is 0 Å². The Bertz CT molecular complexity index is 657. The van der Waals surface area contributed by atoms with Crippen molar-refractivity contribution in [2.24, 2.45) is 0 Å². The molecule has 0 spiro atoms. The summed E-state index contributed by atoms with van der Waals surface area (Å²) in [6.45, 7) is 7.06. The minimum absolute atomic E-state index is 0.231. The molecule has 3 rings (SSSR count). The summed E-state index contributed by atoms with van der Waals surface area (Å²) in [7, 11) is 0. The predicted octanol–water partition coefficient (Wildman–Crippen LogP) is 3.06. The predicted molar refractivity (Wildman–Crippen MR) is 80.4 cm³/mol. The van der Waals surface area contributed by atoms with Crippen LogP contribution in [0.3, 0.4) is 0 Å². The summed E-state index contributed by atoms with van der Waals surface area (Å²) in [6.07, 6.45) is 4.60. The van der Waals surface area contributed by atoms with Gasteiger partial charge in [-0.1, -0.05) is 6.07 Å². The Morgan fingerprint density at radius 1 is 1.38 bits per heavy atom. The number of nitrogens with zero attached hydrogens (tertiary/aromatic N) is 3. The molecule has 1 aliphatic rings. The van der Waals surface area contributed by atoms with Gasteiger partial charge in [-0.15, -0.1) is 0 Å². The van der Waals surface area contributed by atoms with Crippen LogP contribution in [0.2, 0.25) is 0 Å². The first kappa shape index (κ1) is 13.9. The van der Waals surface area contributed by atoms with Crippen molar-refractivity contribution in [3.63, 3.8) is 0 Å². The lowest BCUT2D eigenvalue weighted by Crippen LogP contribution is -2.35. The number of likely N-dealkylation sites (tertiary alicyclic amines) is 1. The van der Waals surface area contributed by atoms with Gasteiger partial charge in [0.2, 0.25) is 0 Å². The zero-order valence-corrected chi connectivity index (χ0v) is 12.7. The summed E-state index contributed by atoms with van der Waals surface area (Å²) in [4.78, 5) is 18.4. The second kappa shape index (κ2) is 5.06. The first-order chi connectivity index (χ1) is 9.94. The summed E-state index contributed by atoms with van der Waals surface area (Å²) < 4.78 is 7.54. The molecule has 112 valence electrons. The van der Waals surface area contributed by atoms with Crippen LogP contribution in [0.5, 0.6) is 0 Å². The fourth-order valence-electron chi connectivity index (χ4n) is 2.73. The maximum absolute atomic E-state index is 12.1.